The second-order valence-corrected chi connectivity index (χ2v) is 7.32. The molecular formula is C12H24N2O4S. The van der Waals surface area contributed by atoms with Crippen molar-refractivity contribution in [1.29, 1.82) is 0 Å². The summed E-state index contributed by atoms with van der Waals surface area (Å²) in [6.07, 6.45) is 1.57. The fourth-order valence-electron chi connectivity index (χ4n) is 2.17. The third-order valence-corrected chi connectivity index (χ3v) is 3.63. The van der Waals surface area contributed by atoms with Gasteiger partial charge in [0, 0.05) is 13.1 Å². The van der Waals surface area contributed by atoms with Gasteiger partial charge in [-0.05, 0) is 19.3 Å². The highest BCUT2D eigenvalue weighted by Crippen LogP contribution is 2.12. The highest BCUT2D eigenvalue weighted by molar-refractivity contribution is 7.88. The summed E-state index contributed by atoms with van der Waals surface area (Å²) in [5.74, 6) is 0.0796. The Balaban J connectivity index is 2.75. The van der Waals surface area contributed by atoms with Gasteiger partial charge in [-0.1, -0.05) is 13.8 Å². The number of nitrogens with one attached hydrogen (secondary N) is 1. The van der Waals surface area contributed by atoms with Gasteiger partial charge < -0.3 is 9.64 Å². The Bertz CT molecular complexity index is 408. The number of carbonyl (C=O) groups excluding carboxylic acids is 1. The number of hydrogen-bond donors (Lipinski definition) is 1. The molecule has 1 aliphatic heterocycles. The summed E-state index contributed by atoms with van der Waals surface area (Å²) in [4.78, 5) is 14.1. The van der Waals surface area contributed by atoms with Crippen LogP contribution in [0.3, 0.4) is 0 Å². The molecule has 0 aromatic heterocycles. The van der Waals surface area contributed by atoms with Crippen LogP contribution >= 0.6 is 0 Å². The molecule has 0 bridgehead atoms. The van der Waals surface area contributed by atoms with Crippen LogP contribution in [0, 0.1) is 5.92 Å². The minimum Gasteiger partial charge on any atom is -0.375 e. The molecule has 1 saturated heterocycles. The van der Waals surface area contributed by atoms with Crippen LogP contribution in [-0.2, 0) is 19.6 Å². The van der Waals surface area contributed by atoms with Crippen LogP contribution in [0.5, 0.6) is 0 Å². The molecule has 0 radical (unpaired) electrons. The zero-order valence-electron chi connectivity index (χ0n) is 12.0. The van der Waals surface area contributed by atoms with E-state index in [1.165, 1.54) is 0 Å². The molecule has 2 atom stereocenters. The molecular weight excluding hydrogens is 268 g/mol. The van der Waals surface area contributed by atoms with Crippen LogP contribution < -0.4 is 4.72 Å². The molecule has 6 nitrogen and oxygen atoms in total. The van der Waals surface area contributed by atoms with Gasteiger partial charge in [0.05, 0.1) is 19.0 Å². The lowest BCUT2D eigenvalue weighted by atomic mass is 10.0. The average molecular weight is 292 g/mol. The minimum atomic E-state index is -3.39. The van der Waals surface area contributed by atoms with Crippen molar-refractivity contribution in [3.05, 3.63) is 0 Å². The molecule has 0 aromatic carbocycles. The van der Waals surface area contributed by atoms with Crippen molar-refractivity contribution in [2.75, 3.05) is 26.0 Å². The van der Waals surface area contributed by atoms with E-state index in [4.69, 9.17) is 4.74 Å². The van der Waals surface area contributed by atoms with Gasteiger partial charge in [-0.25, -0.2) is 13.1 Å². The molecule has 1 heterocycles. The number of carbonyl (C=O) groups is 1. The summed E-state index contributed by atoms with van der Waals surface area (Å²) in [6.45, 7) is 7.36. The van der Waals surface area contributed by atoms with Crippen molar-refractivity contribution in [2.24, 2.45) is 5.92 Å². The first-order valence-corrected chi connectivity index (χ1v) is 8.46. The highest BCUT2D eigenvalue weighted by atomic mass is 32.2. The van der Waals surface area contributed by atoms with Gasteiger partial charge in [-0.3, -0.25) is 4.79 Å². The molecule has 1 fully saturated rings. The van der Waals surface area contributed by atoms with Crippen molar-refractivity contribution in [1.82, 2.24) is 9.62 Å². The molecule has 1 rings (SSSR count). The Hall–Kier alpha value is -0.660. The third kappa shape index (κ3) is 5.88. The van der Waals surface area contributed by atoms with Gasteiger partial charge in [0.15, 0.2) is 0 Å². The van der Waals surface area contributed by atoms with Crippen molar-refractivity contribution < 1.29 is 17.9 Å². The fourth-order valence-corrected chi connectivity index (χ4v) is 2.88. The van der Waals surface area contributed by atoms with E-state index >= 15 is 0 Å². The molecule has 0 spiro atoms. The van der Waals surface area contributed by atoms with E-state index in [0.717, 1.165) is 6.26 Å². The van der Waals surface area contributed by atoms with E-state index in [1.54, 1.807) is 4.90 Å². The second-order valence-electron chi connectivity index (χ2n) is 5.54. The Labute approximate surface area is 115 Å². The van der Waals surface area contributed by atoms with Crippen molar-refractivity contribution in [2.45, 2.75) is 39.3 Å². The molecule has 0 unspecified atom stereocenters. The number of rotatable bonds is 5. The average Bonchev–Trinajstić information content (AvgIpc) is 2.24. The maximum atomic E-state index is 12.4. The van der Waals surface area contributed by atoms with Crippen LogP contribution in [0.25, 0.3) is 0 Å². The first-order chi connectivity index (χ1) is 8.69. The molecule has 1 N–H and O–H groups in total. The summed E-state index contributed by atoms with van der Waals surface area (Å²) in [5, 5.41) is 0. The molecule has 0 aromatic rings. The lowest BCUT2D eigenvalue weighted by Gasteiger charge is -2.34. The van der Waals surface area contributed by atoms with Crippen LogP contribution in [-0.4, -0.2) is 57.3 Å². The largest absolute Gasteiger partial charge is 0.375 e. The van der Waals surface area contributed by atoms with E-state index in [9.17, 15) is 13.2 Å². The van der Waals surface area contributed by atoms with Crippen LogP contribution in [0.15, 0.2) is 0 Å². The monoisotopic (exact) mass is 292 g/mol. The van der Waals surface area contributed by atoms with Crippen LogP contribution in [0.4, 0.5) is 0 Å². The number of ether oxygens (including phenoxy) is 1. The zero-order chi connectivity index (χ0) is 14.6. The van der Waals surface area contributed by atoms with E-state index in [-0.39, 0.29) is 17.9 Å². The van der Waals surface area contributed by atoms with E-state index < -0.39 is 16.1 Å². The predicted molar refractivity (Wildman–Crippen MR) is 73.2 cm³/mol. The first kappa shape index (κ1) is 16.4. The number of sulfonamides is 1. The SMILES string of the molecule is CC(C)C[C@H](NS(C)(=O)=O)C(=O)N1CCO[C@H](C)C1. The Morgan fingerprint density at radius 2 is 2.11 bits per heavy atom. The predicted octanol–water partition coefficient (Wildman–Crippen LogP) is 0.198. The zero-order valence-corrected chi connectivity index (χ0v) is 12.9. The molecule has 1 amide bonds. The molecule has 7 heteroatoms. The third-order valence-electron chi connectivity index (χ3n) is 2.91. The van der Waals surface area contributed by atoms with Gasteiger partial charge in [0.2, 0.25) is 15.9 Å². The number of amides is 1. The summed E-state index contributed by atoms with van der Waals surface area (Å²) >= 11 is 0. The number of hydrogen-bond acceptors (Lipinski definition) is 4. The molecule has 1 aliphatic rings. The minimum absolute atomic E-state index is 0.00404. The van der Waals surface area contributed by atoms with Crippen LogP contribution in [0.2, 0.25) is 0 Å². The van der Waals surface area contributed by atoms with Crippen LogP contribution in [0.1, 0.15) is 27.2 Å². The standard InChI is InChI=1S/C12H24N2O4S/c1-9(2)7-11(13-19(4,16)17)12(15)14-5-6-18-10(3)8-14/h9-11,13H,5-8H2,1-4H3/t10-,11+/m1/s1. The topological polar surface area (TPSA) is 75.7 Å². The van der Waals surface area contributed by atoms with Crippen molar-refractivity contribution in [3.8, 4) is 0 Å². The summed E-state index contributed by atoms with van der Waals surface area (Å²) in [6, 6.07) is -0.680. The second kappa shape index (κ2) is 6.67. The Morgan fingerprint density at radius 1 is 1.47 bits per heavy atom. The number of morpholine rings is 1. The maximum Gasteiger partial charge on any atom is 0.240 e. The van der Waals surface area contributed by atoms with Gasteiger partial charge in [-0.2, -0.15) is 0 Å². The lowest BCUT2D eigenvalue weighted by Crippen LogP contribution is -2.53. The Kier molecular flexibility index (Phi) is 5.76. The van der Waals surface area contributed by atoms with Gasteiger partial charge in [-0.15, -0.1) is 0 Å². The molecule has 19 heavy (non-hydrogen) atoms. The van der Waals surface area contributed by atoms with E-state index in [0.29, 0.717) is 26.1 Å². The van der Waals surface area contributed by atoms with Crippen molar-refractivity contribution >= 4 is 15.9 Å². The molecule has 0 saturated carbocycles. The van der Waals surface area contributed by atoms with Gasteiger partial charge in [0.1, 0.15) is 6.04 Å². The molecule has 112 valence electrons. The lowest BCUT2D eigenvalue weighted by molar-refractivity contribution is -0.140. The van der Waals surface area contributed by atoms with E-state index in [2.05, 4.69) is 4.72 Å². The normalized spacial score (nSPS) is 22.6. The summed E-state index contributed by atoms with van der Waals surface area (Å²) < 4.78 is 30.6. The van der Waals surface area contributed by atoms with Gasteiger partial charge >= 0.3 is 0 Å². The fraction of sp³-hybridized carbons (Fsp3) is 0.917. The summed E-state index contributed by atoms with van der Waals surface area (Å²) in [5.41, 5.74) is 0. The summed E-state index contributed by atoms with van der Waals surface area (Å²) in [7, 11) is -3.39. The number of nitrogens with zero attached hydrogens (tertiary/aromatic N) is 1. The maximum absolute atomic E-state index is 12.4. The molecule has 0 aliphatic carbocycles. The van der Waals surface area contributed by atoms with Crippen molar-refractivity contribution in [3.63, 3.8) is 0 Å². The quantitative estimate of drug-likeness (QED) is 0.785. The first-order valence-electron chi connectivity index (χ1n) is 6.56. The smallest absolute Gasteiger partial charge is 0.240 e. The Morgan fingerprint density at radius 3 is 2.58 bits per heavy atom. The highest BCUT2D eigenvalue weighted by Gasteiger charge is 2.30. The van der Waals surface area contributed by atoms with Gasteiger partial charge in [0.25, 0.3) is 0 Å². The van der Waals surface area contributed by atoms with E-state index in [1.807, 2.05) is 20.8 Å².